The van der Waals surface area contributed by atoms with Crippen molar-refractivity contribution in [3.8, 4) is 0 Å². The van der Waals surface area contributed by atoms with Gasteiger partial charge in [0.1, 0.15) is 5.67 Å². The minimum atomic E-state index is -1.13. The maximum absolute atomic E-state index is 13.3. The summed E-state index contributed by atoms with van der Waals surface area (Å²) < 4.78 is 13.3. The van der Waals surface area contributed by atoms with Gasteiger partial charge in [0.2, 0.25) is 5.91 Å². The second-order valence-corrected chi connectivity index (χ2v) is 5.56. The number of hydrogen-bond acceptors (Lipinski definition) is 1. The fourth-order valence-corrected chi connectivity index (χ4v) is 2.67. The van der Waals surface area contributed by atoms with Gasteiger partial charge >= 0.3 is 0 Å². The maximum atomic E-state index is 13.3. The molecule has 0 N–H and O–H groups in total. The van der Waals surface area contributed by atoms with E-state index >= 15 is 0 Å². The Kier molecular flexibility index (Phi) is 2.73. The lowest BCUT2D eigenvalue weighted by Crippen LogP contribution is -2.60. The van der Waals surface area contributed by atoms with E-state index in [-0.39, 0.29) is 11.8 Å². The van der Waals surface area contributed by atoms with Gasteiger partial charge in [0.25, 0.3) is 0 Å². The van der Waals surface area contributed by atoms with Gasteiger partial charge in [-0.3, -0.25) is 4.79 Å². The molecule has 0 spiro atoms. The average Bonchev–Trinajstić information content (AvgIpc) is 2.14. The van der Waals surface area contributed by atoms with Crippen molar-refractivity contribution in [2.75, 3.05) is 13.1 Å². The van der Waals surface area contributed by atoms with Crippen LogP contribution in [0.25, 0.3) is 0 Å². The van der Waals surface area contributed by atoms with Gasteiger partial charge in [0, 0.05) is 5.92 Å². The summed E-state index contributed by atoms with van der Waals surface area (Å²) in [7, 11) is 0. The molecule has 0 aromatic rings. The standard InChI is InChI=1S/C12H20FNO/c1-9-3-5-10(6-4-9)11(15)14-7-12(2,13)8-14/h9-10H,3-8H2,1-2H3. The molecule has 0 radical (unpaired) electrons. The fraction of sp³-hybridized carbons (Fsp3) is 0.917. The largest absolute Gasteiger partial charge is 0.336 e. The number of halogens is 1. The minimum absolute atomic E-state index is 0.178. The number of alkyl halides is 1. The summed E-state index contributed by atoms with van der Waals surface area (Å²) in [5.41, 5.74) is -1.13. The Morgan fingerprint density at radius 2 is 1.80 bits per heavy atom. The van der Waals surface area contributed by atoms with E-state index in [4.69, 9.17) is 0 Å². The van der Waals surface area contributed by atoms with Crippen molar-refractivity contribution < 1.29 is 9.18 Å². The summed E-state index contributed by atoms with van der Waals surface area (Å²) in [5.74, 6) is 1.13. The molecule has 1 amide bonds. The van der Waals surface area contributed by atoms with Crippen LogP contribution in [0, 0.1) is 11.8 Å². The molecule has 2 aliphatic rings. The van der Waals surface area contributed by atoms with E-state index in [1.807, 2.05) is 0 Å². The van der Waals surface area contributed by atoms with E-state index in [1.165, 1.54) is 0 Å². The second-order valence-electron chi connectivity index (χ2n) is 5.56. The average molecular weight is 213 g/mol. The van der Waals surface area contributed by atoms with Crippen molar-refractivity contribution in [1.29, 1.82) is 0 Å². The van der Waals surface area contributed by atoms with Crippen molar-refractivity contribution in [2.24, 2.45) is 11.8 Å². The van der Waals surface area contributed by atoms with Crippen LogP contribution in [0.5, 0.6) is 0 Å². The lowest BCUT2D eigenvalue weighted by Gasteiger charge is -2.44. The van der Waals surface area contributed by atoms with E-state index in [1.54, 1.807) is 11.8 Å². The molecule has 0 bridgehead atoms. The summed E-state index contributed by atoms with van der Waals surface area (Å²) >= 11 is 0. The minimum Gasteiger partial charge on any atom is -0.336 e. The number of carbonyl (C=O) groups excluding carboxylic acids is 1. The molecular formula is C12H20FNO. The van der Waals surface area contributed by atoms with E-state index in [9.17, 15) is 9.18 Å². The van der Waals surface area contributed by atoms with Crippen LogP contribution in [-0.2, 0) is 4.79 Å². The van der Waals surface area contributed by atoms with Crippen LogP contribution in [0.15, 0.2) is 0 Å². The number of nitrogens with zero attached hydrogens (tertiary/aromatic N) is 1. The first-order valence-corrected chi connectivity index (χ1v) is 5.96. The summed E-state index contributed by atoms with van der Waals surface area (Å²) in [6, 6.07) is 0. The normalized spacial score (nSPS) is 34.7. The zero-order valence-corrected chi connectivity index (χ0v) is 9.63. The molecule has 1 heterocycles. The monoisotopic (exact) mass is 213 g/mol. The van der Waals surface area contributed by atoms with Gasteiger partial charge in [-0.1, -0.05) is 6.92 Å². The highest BCUT2D eigenvalue weighted by Gasteiger charge is 2.43. The Morgan fingerprint density at radius 3 is 2.27 bits per heavy atom. The summed E-state index contributed by atoms with van der Waals surface area (Å²) in [4.78, 5) is 13.6. The van der Waals surface area contributed by atoms with Gasteiger partial charge in [0.15, 0.2) is 0 Å². The van der Waals surface area contributed by atoms with Crippen LogP contribution in [-0.4, -0.2) is 29.6 Å². The van der Waals surface area contributed by atoms with Crippen molar-refractivity contribution in [2.45, 2.75) is 45.2 Å². The second kappa shape index (κ2) is 3.76. The highest BCUT2D eigenvalue weighted by Crippen LogP contribution is 2.33. The summed E-state index contributed by atoms with van der Waals surface area (Å²) in [6.45, 7) is 4.42. The third-order valence-electron chi connectivity index (χ3n) is 3.72. The quantitative estimate of drug-likeness (QED) is 0.655. The maximum Gasteiger partial charge on any atom is 0.225 e. The summed E-state index contributed by atoms with van der Waals surface area (Å²) in [5, 5.41) is 0. The zero-order valence-electron chi connectivity index (χ0n) is 9.63. The van der Waals surface area contributed by atoms with Crippen molar-refractivity contribution in [3.05, 3.63) is 0 Å². The van der Waals surface area contributed by atoms with Gasteiger partial charge in [-0.05, 0) is 38.5 Å². The van der Waals surface area contributed by atoms with E-state index < -0.39 is 5.67 Å². The smallest absolute Gasteiger partial charge is 0.225 e. The molecule has 86 valence electrons. The Hall–Kier alpha value is -0.600. The SMILES string of the molecule is CC1CCC(C(=O)N2CC(C)(F)C2)CC1. The third kappa shape index (κ3) is 2.32. The Labute approximate surface area is 90.8 Å². The van der Waals surface area contributed by atoms with Gasteiger partial charge < -0.3 is 4.90 Å². The third-order valence-corrected chi connectivity index (χ3v) is 3.72. The predicted molar refractivity (Wildman–Crippen MR) is 57.2 cm³/mol. The zero-order chi connectivity index (χ0) is 11.1. The van der Waals surface area contributed by atoms with Gasteiger partial charge in [-0.25, -0.2) is 4.39 Å². The number of rotatable bonds is 1. The molecule has 1 saturated heterocycles. The molecule has 2 rings (SSSR count). The fourth-order valence-electron chi connectivity index (χ4n) is 2.67. The van der Waals surface area contributed by atoms with Gasteiger partial charge in [-0.15, -0.1) is 0 Å². The van der Waals surface area contributed by atoms with Crippen LogP contribution in [0.3, 0.4) is 0 Å². The lowest BCUT2D eigenvalue weighted by atomic mass is 9.81. The summed E-state index contributed by atoms with van der Waals surface area (Å²) in [6.07, 6.45) is 4.30. The Morgan fingerprint density at radius 1 is 1.27 bits per heavy atom. The number of carbonyl (C=O) groups is 1. The number of amides is 1. The van der Waals surface area contributed by atoms with Crippen molar-refractivity contribution in [1.82, 2.24) is 4.90 Å². The first-order chi connectivity index (χ1) is 6.98. The highest BCUT2D eigenvalue weighted by atomic mass is 19.1. The van der Waals surface area contributed by atoms with E-state index in [2.05, 4.69) is 6.92 Å². The topological polar surface area (TPSA) is 20.3 Å². The van der Waals surface area contributed by atoms with Crippen LogP contribution in [0.1, 0.15) is 39.5 Å². The predicted octanol–water partition coefficient (Wildman–Crippen LogP) is 2.38. The molecule has 15 heavy (non-hydrogen) atoms. The van der Waals surface area contributed by atoms with Gasteiger partial charge in [0.05, 0.1) is 13.1 Å². The molecule has 1 aliphatic carbocycles. The molecule has 1 aliphatic heterocycles. The van der Waals surface area contributed by atoms with Gasteiger partial charge in [-0.2, -0.15) is 0 Å². The molecule has 0 atom stereocenters. The van der Waals surface area contributed by atoms with Crippen LogP contribution in [0.2, 0.25) is 0 Å². The molecule has 3 heteroatoms. The highest BCUT2D eigenvalue weighted by molar-refractivity contribution is 5.80. The van der Waals surface area contributed by atoms with Crippen molar-refractivity contribution >= 4 is 5.91 Å². The molecule has 1 saturated carbocycles. The lowest BCUT2D eigenvalue weighted by molar-refractivity contribution is -0.149. The van der Waals surface area contributed by atoms with Crippen LogP contribution >= 0.6 is 0 Å². The number of hydrogen-bond donors (Lipinski definition) is 0. The first kappa shape index (κ1) is 10.9. The first-order valence-electron chi connectivity index (χ1n) is 5.96. The molecule has 0 aromatic heterocycles. The van der Waals surface area contributed by atoms with Crippen LogP contribution < -0.4 is 0 Å². The molecule has 2 fully saturated rings. The molecule has 0 aromatic carbocycles. The van der Waals surface area contributed by atoms with E-state index in [0.717, 1.165) is 31.6 Å². The molecular weight excluding hydrogens is 193 g/mol. The van der Waals surface area contributed by atoms with E-state index in [0.29, 0.717) is 13.1 Å². The molecule has 0 unspecified atom stereocenters. The van der Waals surface area contributed by atoms with Crippen molar-refractivity contribution in [3.63, 3.8) is 0 Å². The Balaban J connectivity index is 1.82. The van der Waals surface area contributed by atoms with Crippen LogP contribution in [0.4, 0.5) is 4.39 Å². The Bertz CT molecular complexity index is 248. The molecule has 2 nitrogen and oxygen atoms in total. The number of likely N-dealkylation sites (tertiary alicyclic amines) is 1.